The maximum Gasteiger partial charge on any atom is 0.245 e. The molecular weight excluding hydrogens is 336 g/mol. The highest BCUT2D eigenvalue weighted by molar-refractivity contribution is 7.13. The van der Waals surface area contributed by atoms with Gasteiger partial charge >= 0.3 is 0 Å². The molecule has 1 N–H and O–H groups in total. The van der Waals surface area contributed by atoms with Gasteiger partial charge in [-0.2, -0.15) is 0 Å². The van der Waals surface area contributed by atoms with Crippen LogP contribution in [-0.2, 0) is 9.59 Å². The van der Waals surface area contributed by atoms with Crippen LogP contribution in [0.5, 0.6) is 0 Å². The lowest BCUT2D eigenvalue weighted by atomic mass is 10.0. The maximum atomic E-state index is 12.6. The molecule has 1 fully saturated rings. The molecule has 1 aliphatic rings. The number of amides is 2. The molecule has 6 nitrogen and oxygen atoms in total. The zero-order chi connectivity index (χ0) is 18.1. The van der Waals surface area contributed by atoms with E-state index in [1.54, 1.807) is 11.1 Å². The molecule has 7 heteroatoms. The Morgan fingerprint density at radius 3 is 2.68 bits per heavy atom. The number of anilines is 1. The molecule has 0 aromatic carbocycles. The van der Waals surface area contributed by atoms with E-state index in [4.69, 9.17) is 0 Å². The summed E-state index contributed by atoms with van der Waals surface area (Å²) in [5, 5.41) is 5.16. The van der Waals surface area contributed by atoms with E-state index >= 15 is 0 Å². The summed E-state index contributed by atoms with van der Waals surface area (Å²) >= 11 is 1.38. The molecule has 25 heavy (non-hydrogen) atoms. The second-order valence-electron chi connectivity index (χ2n) is 7.05. The van der Waals surface area contributed by atoms with Crippen LogP contribution in [0.15, 0.2) is 11.6 Å². The Bertz CT molecular complexity index is 527. The van der Waals surface area contributed by atoms with E-state index in [9.17, 15) is 9.59 Å². The fourth-order valence-corrected chi connectivity index (χ4v) is 3.82. The van der Waals surface area contributed by atoms with E-state index in [0.717, 1.165) is 19.4 Å². The summed E-state index contributed by atoms with van der Waals surface area (Å²) in [6.07, 6.45) is 9.11. The average Bonchev–Trinajstić information content (AvgIpc) is 3.24. The molecule has 0 spiro atoms. The first kappa shape index (κ1) is 19.8. The molecule has 2 rings (SSSR count). The first-order valence-electron chi connectivity index (χ1n) is 9.16. The quantitative estimate of drug-likeness (QED) is 0.691. The van der Waals surface area contributed by atoms with Crippen molar-refractivity contribution in [2.24, 2.45) is 5.92 Å². The lowest BCUT2D eigenvalue weighted by Gasteiger charge is -2.23. The Labute approximate surface area is 154 Å². The van der Waals surface area contributed by atoms with E-state index in [2.05, 4.69) is 15.2 Å². The second-order valence-corrected chi connectivity index (χ2v) is 7.94. The number of rotatable bonds is 10. The third-order valence-corrected chi connectivity index (χ3v) is 5.33. The van der Waals surface area contributed by atoms with Crippen LogP contribution in [0.1, 0.15) is 44.9 Å². The zero-order valence-electron chi connectivity index (χ0n) is 15.4. The van der Waals surface area contributed by atoms with Crippen molar-refractivity contribution in [3.8, 4) is 0 Å². The van der Waals surface area contributed by atoms with Crippen molar-refractivity contribution in [1.29, 1.82) is 0 Å². The van der Waals surface area contributed by atoms with Gasteiger partial charge in [0, 0.05) is 24.5 Å². The van der Waals surface area contributed by atoms with Gasteiger partial charge < -0.3 is 15.1 Å². The van der Waals surface area contributed by atoms with Gasteiger partial charge in [-0.1, -0.05) is 25.7 Å². The van der Waals surface area contributed by atoms with E-state index in [-0.39, 0.29) is 18.4 Å². The molecular formula is C18H30N4O2S. The molecule has 0 atom stereocenters. The van der Waals surface area contributed by atoms with Crippen LogP contribution < -0.4 is 5.32 Å². The van der Waals surface area contributed by atoms with Gasteiger partial charge in [-0.25, -0.2) is 4.98 Å². The Morgan fingerprint density at radius 2 is 2.04 bits per heavy atom. The van der Waals surface area contributed by atoms with Crippen LogP contribution in [0.4, 0.5) is 5.13 Å². The second kappa shape index (κ2) is 10.5. The summed E-state index contributed by atoms with van der Waals surface area (Å²) in [7, 11) is 4.03. The van der Waals surface area contributed by atoms with Crippen molar-refractivity contribution < 1.29 is 9.59 Å². The minimum atomic E-state index is -0.172. The average molecular weight is 367 g/mol. The normalized spacial score (nSPS) is 14.8. The van der Waals surface area contributed by atoms with Gasteiger partial charge in [-0.05, 0) is 39.4 Å². The van der Waals surface area contributed by atoms with Crippen LogP contribution in [-0.4, -0.2) is 60.3 Å². The smallest absolute Gasteiger partial charge is 0.245 e. The molecule has 0 unspecified atom stereocenters. The lowest BCUT2D eigenvalue weighted by molar-refractivity contribution is -0.135. The Hall–Kier alpha value is -1.47. The van der Waals surface area contributed by atoms with Crippen LogP contribution >= 0.6 is 11.3 Å². The third-order valence-electron chi connectivity index (χ3n) is 4.64. The number of nitrogens with one attached hydrogen (secondary N) is 1. The number of hydrogen-bond donors (Lipinski definition) is 1. The van der Waals surface area contributed by atoms with Crippen LogP contribution in [0.25, 0.3) is 0 Å². The summed E-state index contributed by atoms with van der Waals surface area (Å²) < 4.78 is 0. The Balaban J connectivity index is 1.83. The third kappa shape index (κ3) is 7.52. The van der Waals surface area contributed by atoms with Gasteiger partial charge in [0.15, 0.2) is 5.13 Å². The largest absolute Gasteiger partial charge is 0.333 e. The predicted molar refractivity (Wildman–Crippen MR) is 102 cm³/mol. The van der Waals surface area contributed by atoms with Gasteiger partial charge in [0.1, 0.15) is 0 Å². The maximum absolute atomic E-state index is 12.6. The number of hydrogen-bond acceptors (Lipinski definition) is 5. The van der Waals surface area contributed by atoms with Crippen LogP contribution in [0, 0.1) is 5.92 Å². The molecule has 0 bridgehead atoms. The molecule has 1 saturated carbocycles. The number of aromatic nitrogens is 1. The summed E-state index contributed by atoms with van der Waals surface area (Å²) in [5.74, 6) is 0.616. The number of carbonyl (C=O) groups is 2. The fraction of sp³-hybridized carbons (Fsp3) is 0.722. The fourth-order valence-electron chi connectivity index (χ4n) is 3.27. The van der Waals surface area contributed by atoms with E-state index in [1.807, 2.05) is 19.5 Å². The number of nitrogens with zero attached hydrogens (tertiary/aromatic N) is 3. The summed E-state index contributed by atoms with van der Waals surface area (Å²) in [4.78, 5) is 32.7. The Kier molecular flexibility index (Phi) is 8.34. The van der Waals surface area contributed by atoms with Crippen LogP contribution in [0.3, 0.4) is 0 Å². The topological polar surface area (TPSA) is 65.5 Å². The van der Waals surface area contributed by atoms with E-state index in [0.29, 0.717) is 24.0 Å². The molecule has 0 saturated heterocycles. The molecule has 1 aromatic heterocycles. The van der Waals surface area contributed by atoms with Crippen LogP contribution in [0.2, 0.25) is 0 Å². The molecule has 0 aliphatic heterocycles. The van der Waals surface area contributed by atoms with Crippen molar-refractivity contribution in [3.05, 3.63) is 11.6 Å². The van der Waals surface area contributed by atoms with Crippen molar-refractivity contribution in [2.45, 2.75) is 44.9 Å². The monoisotopic (exact) mass is 366 g/mol. The zero-order valence-corrected chi connectivity index (χ0v) is 16.2. The molecule has 0 radical (unpaired) electrons. The van der Waals surface area contributed by atoms with Gasteiger partial charge in [0.25, 0.3) is 0 Å². The van der Waals surface area contributed by atoms with Gasteiger partial charge in [0.05, 0.1) is 6.54 Å². The highest BCUT2D eigenvalue weighted by Gasteiger charge is 2.21. The number of carbonyl (C=O) groups excluding carboxylic acids is 2. The standard InChI is InChI=1S/C18H30N4O2S/c1-21(2)11-5-12-22(14-16(23)20-18-19-10-13-25-18)17(24)9-8-15-6-3-4-7-15/h10,13,15H,3-9,11-12,14H2,1-2H3,(H,19,20,23). The van der Waals surface area contributed by atoms with E-state index in [1.165, 1.54) is 37.0 Å². The SMILES string of the molecule is CN(C)CCCN(CC(=O)Nc1nccs1)C(=O)CCC1CCCC1. The van der Waals surface area contributed by atoms with Crippen molar-refractivity contribution in [3.63, 3.8) is 0 Å². The van der Waals surface area contributed by atoms with Gasteiger partial charge in [0.2, 0.25) is 11.8 Å². The molecule has 1 heterocycles. The first-order valence-corrected chi connectivity index (χ1v) is 10.0. The summed E-state index contributed by atoms with van der Waals surface area (Å²) in [6.45, 7) is 1.63. The number of thiazole rings is 1. The van der Waals surface area contributed by atoms with Crippen molar-refractivity contribution >= 4 is 28.3 Å². The highest BCUT2D eigenvalue weighted by atomic mass is 32.1. The summed E-state index contributed by atoms with van der Waals surface area (Å²) in [5.41, 5.74) is 0. The van der Waals surface area contributed by atoms with Gasteiger partial charge in [-0.15, -0.1) is 11.3 Å². The highest BCUT2D eigenvalue weighted by Crippen LogP contribution is 2.28. The predicted octanol–water partition coefficient (Wildman–Crippen LogP) is 2.83. The molecule has 1 aromatic rings. The molecule has 2 amide bonds. The van der Waals surface area contributed by atoms with Crippen molar-refractivity contribution in [2.75, 3.05) is 39.0 Å². The van der Waals surface area contributed by atoms with E-state index < -0.39 is 0 Å². The molecule has 140 valence electrons. The summed E-state index contributed by atoms with van der Waals surface area (Å²) in [6, 6.07) is 0. The minimum absolute atomic E-state index is 0.0972. The lowest BCUT2D eigenvalue weighted by Crippen LogP contribution is -2.39. The van der Waals surface area contributed by atoms with Crippen molar-refractivity contribution in [1.82, 2.24) is 14.8 Å². The molecule has 1 aliphatic carbocycles. The van der Waals surface area contributed by atoms with Gasteiger partial charge in [-0.3, -0.25) is 9.59 Å². The minimum Gasteiger partial charge on any atom is -0.333 e. The Morgan fingerprint density at radius 1 is 1.28 bits per heavy atom. The first-order chi connectivity index (χ1) is 12.0.